The van der Waals surface area contributed by atoms with Gasteiger partial charge in [0.15, 0.2) is 17.2 Å². The van der Waals surface area contributed by atoms with Crippen LogP contribution in [0.25, 0.3) is 6.08 Å². The number of aliphatic imine (C=N–C) groups is 1. The van der Waals surface area contributed by atoms with Crippen LogP contribution in [-0.4, -0.2) is 25.1 Å². The van der Waals surface area contributed by atoms with Gasteiger partial charge in [-0.15, -0.1) is 0 Å². The molecule has 28 heavy (non-hydrogen) atoms. The number of hydrogen-bond donors (Lipinski definition) is 0. The third-order valence-corrected chi connectivity index (χ3v) is 5.07. The van der Waals surface area contributed by atoms with Crippen LogP contribution in [0.4, 0.5) is 0 Å². The molecule has 0 unspecified atom stereocenters. The van der Waals surface area contributed by atoms with Gasteiger partial charge in [0.05, 0.1) is 16.8 Å². The summed E-state index contributed by atoms with van der Waals surface area (Å²) in [5, 5.41) is 0. The number of nitrogens with zero attached hydrogens (tertiary/aromatic N) is 1. The predicted molar refractivity (Wildman–Crippen MR) is 121 cm³/mol. The molecular formula is C21H19BrINO4. The number of carbonyl (C=O) groups is 1. The number of cyclic esters (lactones) is 1. The minimum atomic E-state index is -0.478. The van der Waals surface area contributed by atoms with Crippen LogP contribution in [0.2, 0.25) is 0 Å². The highest BCUT2D eigenvalue weighted by molar-refractivity contribution is 14.1. The molecule has 7 heteroatoms. The molecule has 0 aromatic heterocycles. The Bertz CT molecular complexity index is 955. The molecule has 0 saturated heterocycles. The fraction of sp³-hybridized carbons (Fsp3) is 0.238. The topological polar surface area (TPSA) is 57.1 Å². The summed E-state index contributed by atoms with van der Waals surface area (Å²) in [5.41, 5.74) is 1.78. The Balaban J connectivity index is 1.94. The van der Waals surface area contributed by atoms with Gasteiger partial charge in [-0.3, -0.25) is 0 Å². The van der Waals surface area contributed by atoms with Crippen molar-refractivity contribution in [1.82, 2.24) is 0 Å². The third kappa shape index (κ3) is 4.94. The molecule has 146 valence electrons. The maximum atomic E-state index is 12.3. The number of benzene rings is 2. The van der Waals surface area contributed by atoms with Gasteiger partial charge >= 0.3 is 5.97 Å². The molecular weight excluding hydrogens is 537 g/mol. The van der Waals surface area contributed by atoms with E-state index in [-0.39, 0.29) is 5.70 Å². The molecule has 2 aromatic carbocycles. The summed E-state index contributed by atoms with van der Waals surface area (Å²) in [7, 11) is 0. The van der Waals surface area contributed by atoms with Crippen LogP contribution >= 0.6 is 38.5 Å². The second-order valence-electron chi connectivity index (χ2n) is 5.96. The lowest BCUT2D eigenvalue weighted by Gasteiger charge is -2.14. The summed E-state index contributed by atoms with van der Waals surface area (Å²) in [5.74, 6) is 1.19. The SMILES string of the molecule is CCCOc1c(I)cc(/C=C2\N=C(c3cccc(Br)c3)OC2=O)cc1OCC. The van der Waals surface area contributed by atoms with E-state index in [1.54, 1.807) is 6.08 Å². The smallest absolute Gasteiger partial charge is 0.363 e. The standard InChI is InChI=1S/C21H19BrINO4/c1-3-8-27-19-16(23)9-13(11-18(19)26-4-2)10-17-21(25)28-20(24-17)14-6-5-7-15(22)12-14/h5-7,9-12H,3-4,8H2,1-2H3/b17-10-. The molecule has 2 aromatic rings. The zero-order valence-corrected chi connectivity index (χ0v) is 19.2. The van der Waals surface area contributed by atoms with Crippen molar-refractivity contribution in [2.24, 2.45) is 4.99 Å². The van der Waals surface area contributed by atoms with Gasteiger partial charge in [0, 0.05) is 10.0 Å². The van der Waals surface area contributed by atoms with Gasteiger partial charge in [0.1, 0.15) is 0 Å². The Morgan fingerprint density at radius 3 is 2.75 bits per heavy atom. The molecule has 3 rings (SSSR count). The van der Waals surface area contributed by atoms with Gasteiger partial charge in [-0.05, 0) is 77.9 Å². The van der Waals surface area contributed by atoms with Crippen molar-refractivity contribution in [2.75, 3.05) is 13.2 Å². The lowest BCUT2D eigenvalue weighted by Crippen LogP contribution is -2.05. The van der Waals surface area contributed by atoms with Crippen molar-refractivity contribution in [3.05, 3.63) is 61.3 Å². The minimum absolute atomic E-state index is 0.246. The summed E-state index contributed by atoms with van der Waals surface area (Å²) >= 11 is 5.62. The zero-order chi connectivity index (χ0) is 20.1. The van der Waals surface area contributed by atoms with Gasteiger partial charge in [0.25, 0.3) is 0 Å². The molecule has 0 saturated carbocycles. The van der Waals surface area contributed by atoms with Crippen LogP contribution in [0.5, 0.6) is 11.5 Å². The first kappa shape index (κ1) is 20.9. The molecule has 1 aliphatic rings. The number of hydrogen-bond acceptors (Lipinski definition) is 5. The predicted octanol–water partition coefficient (Wildman–Crippen LogP) is 5.59. The highest BCUT2D eigenvalue weighted by Gasteiger charge is 2.24. The van der Waals surface area contributed by atoms with Gasteiger partial charge < -0.3 is 14.2 Å². The van der Waals surface area contributed by atoms with Crippen LogP contribution in [0.3, 0.4) is 0 Å². The van der Waals surface area contributed by atoms with Crippen molar-refractivity contribution in [3.8, 4) is 11.5 Å². The van der Waals surface area contributed by atoms with E-state index in [1.165, 1.54) is 0 Å². The van der Waals surface area contributed by atoms with Crippen molar-refractivity contribution < 1.29 is 19.0 Å². The van der Waals surface area contributed by atoms with Gasteiger partial charge in [0.2, 0.25) is 5.90 Å². The average Bonchev–Trinajstić information content (AvgIpc) is 3.02. The first-order valence-electron chi connectivity index (χ1n) is 8.89. The van der Waals surface area contributed by atoms with Crippen LogP contribution in [-0.2, 0) is 9.53 Å². The molecule has 1 heterocycles. The highest BCUT2D eigenvalue weighted by Crippen LogP contribution is 2.35. The largest absolute Gasteiger partial charge is 0.490 e. The average molecular weight is 556 g/mol. The first-order chi connectivity index (χ1) is 13.5. The zero-order valence-electron chi connectivity index (χ0n) is 15.5. The van der Waals surface area contributed by atoms with Gasteiger partial charge in [-0.2, -0.15) is 0 Å². The molecule has 0 aliphatic carbocycles. The van der Waals surface area contributed by atoms with Crippen LogP contribution in [0, 0.1) is 3.57 Å². The molecule has 0 radical (unpaired) electrons. The Morgan fingerprint density at radius 1 is 1.21 bits per heavy atom. The molecule has 0 amide bonds. The molecule has 1 aliphatic heterocycles. The quantitative estimate of drug-likeness (QED) is 0.254. The second kappa shape index (κ2) is 9.56. The number of rotatable bonds is 7. The number of esters is 1. The van der Waals surface area contributed by atoms with E-state index < -0.39 is 5.97 Å². The van der Waals surface area contributed by atoms with E-state index in [0.717, 1.165) is 31.3 Å². The lowest BCUT2D eigenvalue weighted by molar-refractivity contribution is -0.129. The fourth-order valence-electron chi connectivity index (χ4n) is 2.59. The number of halogens is 2. The van der Waals surface area contributed by atoms with Gasteiger partial charge in [-0.25, -0.2) is 9.79 Å². The molecule has 0 fully saturated rings. The van der Waals surface area contributed by atoms with Gasteiger partial charge in [-0.1, -0.05) is 28.9 Å². The second-order valence-corrected chi connectivity index (χ2v) is 8.04. The number of carbonyl (C=O) groups excluding carboxylic acids is 1. The lowest BCUT2D eigenvalue weighted by atomic mass is 10.1. The summed E-state index contributed by atoms with van der Waals surface area (Å²) in [6, 6.07) is 11.2. The summed E-state index contributed by atoms with van der Waals surface area (Å²) in [6.07, 6.45) is 2.61. The Labute approximate surface area is 186 Å². The van der Waals surface area contributed by atoms with Crippen molar-refractivity contribution >= 4 is 56.5 Å². The number of ether oxygens (including phenoxy) is 3. The van der Waals surface area contributed by atoms with Crippen molar-refractivity contribution in [2.45, 2.75) is 20.3 Å². The van der Waals surface area contributed by atoms with Crippen molar-refractivity contribution in [1.29, 1.82) is 0 Å². The monoisotopic (exact) mass is 555 g/mol. The Hall–Kier alpha value is -1.87. The third-order valence-electron chi connectivity index (χ3n) is 3.78. The molecule has 0 N–H and O–H groups in total. The first-order valence-corrected chi connectivity index (χ1v) is 10.8. The van der Waals surface area contributed by atoms with E-state index in [1.807, 2.05) is 43.3 Å². The van der Waals surface area contributed by atoms with E-state index in [2.05, 4.69) is 50.4 Å². The van der Waals surface area contributed by atoms with E-state index in [9.17, 15) is 4.79 Å². The maximum absolute atomic E-state index is 12.3. The normalized spacial score (nSPS) is 14.8. The summed E-state index contributed by atoms with van der Waals surface area (Å²) in [6.45, 7) is 5.11. The van der Waals surface area contributed by atoms with Crippen molar-refractivity contribution in [3.63, 3.8) is 0 Å². The fourth-order valence-corrected chi connectivity index (χ4v) is 3.77. The van der Waals surface area contributed by atoms with Crippen LogP contribution in [0.15, 0.2) is 51.6 Å². The van der Waals surface area contributed by atoms with Crippen LogP contribution < -0.4 is 9.47 Å². The summed E-state index contributed by atoms with van der Waals surface area (Å²) in [4.78, 5) is 16.6. The van der Waals surface area contributed by atoms with E-state index in [0.29, 0.717) is 24.9 Å². The molecule has 0 spiro atoms. The summed E-state index contributed by atoms with van der Waals surface area (Å²) < 4.78 is 18.7. The van der Waals surface area contributed by atoms with E-state index in [4.69, 9.17) is 14.2 Å². The van der Waals surface area contributed by atoms with Crippen LogP contribution in [0.1, 0.15) is 31.4 Å². The Morgan fingerprint density at radius 2 is 2.04 bits per heavy atom. The molecule has 0 bridgehead atoms. The molecule has 5 nitrogen and oxygen atoms in total. The molecule has 0 atom stereocenters. The Kier molecular flexibility index (Phi) is 7.12. The maximum Gasteiger partial charge on any atom is 0.363 e. The highest BCUT2D eigenvalue weighted by atomic mass is 127. The van der Waals surface area contributed by atoms with E-state index >= 15 is 0 Å². The minimum Gasteiger partial charge on any atom is -0.490 e.